The number of thiazole rings is 1. The van der Waals surface area contributed by atoms with Crippen molar-refractivity contribution >= 4 is 17.2 Å². The summed E-state index contributed by atoms with van der Waals surface area (Å²) in [7, 11) is 0. The minimum absolute atomic E-state index is 0.0165. The molecular formula is C21H23N3OS. The fourth-order valence-electron chi connectivity index (χ4n) is 2.77. The lowest BCUT2D eigenvalue weighted by atomic mass is 10.1. The molecule has 1 N–H and O–H groups in total. The summed E-state index contributed by atoms with van der Waals surface area (Å²) >= 11 is 1.49. The maximum atomic E-state index is 12.4. The van der Waals surface area contributed by atoms with Gasteiger partial charge in [0.05, 0.1) is 10.7 Å². The van der Waals surface area contributed by atoms with Crippen molar-refractivity contribution < 1.29 is 4.79 Å². The fourth-order valence-corrected chi connectivity index (χ4v) is 3.75. The summed E-state index contributed by atoms with van der Waals surface area (Å²) in [5.74, 6) is -0.0165. The van der Waals surface area contributed by atoms with Gasteiger partial charge in [0.2, 0.25) is 0 Å². The molecular weight excluding hydrogens is 342 g/mol. The van der Waals surface area contributed by atoms with E-state index >= 15 is 0 Å². The van der Waals surface area contributed by atoms with Crippen LogP contribution in [-0.2, 0) is 19.3 Å². The quantitative estimate of drug-likeness (QED) is 0.614. The van der Waals surface area contributed by atoms with Gasteiger partial charge < -0.3 is 5.32 Å². The topological polar surface area (TPSA) is 54.9 Å². The second kappa shape index (κ2) is 9.25. The normalized spacial score (nSPS) is 10.7. The average Bonchev–Trinajstić information content (AvgIpc) is 3.06. The molecule has 3 rings (SSSR count). The molecule has 3 aromatic rings. The number of carbonyl (C=O) groups is 1. The van der Waals surface area contributed by atoms with E-state index in [0.717, 1.165) is 47.0 Å². The van der Waals surface area contributed by atoms with Gasteiger partial charge in [-0.25, -0.2) is 4.98 Å². The number of carbonyl (C=O) groups excluding carboxylic acids is 1. The second-order valence-corrected chi connectivity index (χ2v) is 7.27. The monoisotopic (exact) mass is 365 g/mol. The smallest absolute Gasteiger partial charge is 0.263 e. The van der Waals surface area contributed by atoms with Crippen molar-refractivity contribution in [2.24, 2.45) is 0 Å². The number of amides is 1. The molecule has 0 aliphatic rings. The van der Waals surface area contributed by atoms with E-state index < -0.39 is 0 Å². The zero-order chi connectivity index (χ0) is 18.2. The lowest BCUT2D eigenvalue weighted by Crippen LogP contribution is -2.24. The molecule has 0 spiro atoms. The first-order valence-electron chi connectivity index (χ1n) is 8.90. The van der Waals surface area contributed by atoms with E-state index in [0.29, 0.717) is 6.54 Å². The van der Waals surface area contributed by atoms with Crippen LogP contribution >= 0.6 is 11.3 Å². The molecule has 5 heteroatoms. The summed E-state index contributed by atoms with van der Waals surface area (Å²) in [6.07, 6.45) is 5.35. The van der Waals surface area contributed by atoms with Gasteiger partial charge in [-0.05, 0) is 43.9 Å². The first-order valence-corrected chi connectivity index (χ1v) is 9.72. The number of hydrogen-bond donors (Lipinski definition) is 1. The van der Waals surface area contributed by atoms with Crippen LogP contribution in [0, 0.1) is 6.92 Å². The molecule has 0 aliphatic carbocycles. The van der Waals surface area contributed by atoms with Crippen molar-refractivity contribution in [3.05, 3.63) is 81.6 Å². The van der Waals surface area contributed by atoms with E-state index in [9.17, 15) is 4.79 Å². The van der Waals surface area contributed by atoms with Crippen molar-refractivity contribution in [1.82, 2.24) is 15.3 Å². The van der Waals surface area contributed by atoms with Crippen molar-refractivity contribution in [1.29, 1.82) is 0 Å². The van der Waals surface area contributed by atoms with E-state index in [1.54, 1.807) is 6.20 Å². The molecule has 26 heavy (non-hydrogen) atoms. The minimum Gasteiger partial charge on any atom is -0.351 e. The first kappa shape index (κ1) is 18.3. The number of hydrogen-bond acceptors (Lipinski definition) is 4. The summed E-state index contributed by atoms with van der Waals surface area (Å²) in [5.41, 5.74) is 3.16. The number of nitrogens with one attached hydrogen (secondary N) is 1. The third kappa shape index (κ3) is 5.23. The molecule has 1 amide bonds. The summed E-state index contributed by atoms with van der Waals surface area (Å²) in [4.78, 5) is 22.0. The zero-order valence-corrected chi connectivity index (χ0v) is 15.8. The highest BCUT2D eigenvalue weighted by molar-refractivity contribution is 7.13. The van der Waals surface area contributed by atoms with Gasteiger partial charge in [0, 0.05) is 24.9 Å². The van der Waals surface area contributed by atoms with E-state index in [1.807, 2.05) is 43.3 Å². The summed E-state index contributed by atoms with van der Waals surface area (Å²) in [6.45, 7) is 2.58. The van der Waals surface area contributed by atoms with E-state index in [1.165, 1.54) is 16.9 Å². The highest BCUT2D eigenvalue weighted by atomic mass is 32.1. The highest BCUT2D eigenvalue weighted by Gasteiger charge is 2.14. The van der Waals surface area contributed by atoms with Gasteiger partial charge in [0.25, 0.3) is 5.91 Å². The number of nitrogens with zero attached hydrogens (tertiary/aromatic N) is 2. The zero-order valence-electron chi connectivity index (χ0n) is 14.9. The summed E-state index contributed by atoms with van der Waals surface area (Å²) in [6, 6.07) is 16.2. The van der Waals surface area contributed by atoms with Crippen molar-refractivity contribution in [2.45, 2.75) is 32.6 Å². The van der Waals surface area contributed by atoms with E-state index in [-0.39, 0.29) is 5.91 Å². The predicted octanol–water partition coefficient (Wildman–Crippen LogP) is 3.99. The Balaban J connectivity index is 1.47. The maximum absolute atomic E-state index is 12.4. The van der Waals surface area contributed by atoms with Gasteiger partial charge in [0.1, 0.15) is 4.88 Å². The van der Waals surface area contributed by atoms with Gasteiger partial charge in [-0.15, -0.1) is 11.3 Å². The van der Waals surface area contributed by atoms with Crippen molar-refractivity contribution in [3.8, 4) is 0 Å². The molecule has 0 saturated carbocycles. The number of rotatable bonds is 8. The van der Waals surface area contributed by atoms with Crippen LogP contribution in [-0.4, -0.2) is 22.4 Å². The molecule has 0 atom stereocenters. The van der Waals surface area contributed by atoms with E-state index in [2.05, 4.69) is 27.4 Å². The number of aryl methyl sites for hydroxylation is 4. The lowest BCUT2D eigenvalue weighted by Gasteiger charge is -2.04. The standard InChI is InChI=1S/C21H23N3OS/c1-16-20(21(25)23-15-7-10-17-8-3-2-4-9-17)26-19(24-16)13-12-18-11-5-6-14-22-18/h2-6,8-9,11,14H,7,10,12-13,15H2,1H3,(H,23,25). The Kier molecular flexibility index (Phi) is 6.50. The number of aromatic nitrogens is 2. The van der Waals surface area contributed by atoms with Gasteiger partial charge >= 0.3 is 0 Å². The van der Waals surface area contributed by atoms with Crippen LogP contribution < -0.4 is 5.32 Å². The Morgan fingerprint density at radius 3 is 2.62 bits per heavy atom. The SMILES string of the molecule is Cc1nc(CCc2ccccn2)sc1C(=O)NCCCc1ccccc1. The van der Waals surface area contributed by atoms with E-state index in [4.69, 9.17) is 0 Å². The van der Waals surface area contributed by atoms with Gasteiger partial charge in [-0.2, -0.15) is 0 Å². The third-order valence-corrected chi connectivity index (χ3v) is 5.35. The van der Waals surface area contributed by atoms with Crippen LogP contribution in [0.3, 0.4) is 0 Å². The van der Waals surface area contributed by atoms with Gasteiger partial charge in [0.15, 0.2) is 0 Å². The van der Waals surface area contributed by atoms with Gasteiger partial charge in [-0.1, -0.05) is 36.4 Å². The fraction of sp³-hybridized carbons (Fsp3) is 0.286. The van der Waals surface area contributed by atoms with Crippen LogP contribution in [0.4, 0.5) is 0 Å². The molecule has 4 nitrogen and oxygen atoms in total. The molecule has 0 fully saturated rings. The highest BCUT2D eigenvalue weighted by Crippen LogP contribution is 2.19. The van der Waals surface area contributed by atoms with Crippen molar-refractivity contribution in [2.75, 3.05) is 6.54 Å². The van der Waals surface area contributed by atoms with Crippen LogP contribution in [0.25, 0.3) is 0 Å². The third-order valence-electron chi connectivity index (χ3n) is 4.14. The average molecular weight is 366 g/mol. The molecule has 0 saturated heterocycles. The molecule has 0 aliphatic heterocycles. The largest absolute Gasteiger partial charge is 0.351 e. The Labute approximate surface area is 158 Å². The lowest BCUT2D eigenvalue weighted by molar-refractivity contribution is 0.0956. The Morgan fingerprint density at radius 2 is 1.85 bits per heavy atom. The summed E-state index contributed by atoms with van der Waals surface area (Å²) < 4.78 is 0. The van der Waals surface area contributed by atoms with Crippen molar-refractivity contribution in [3.63, 3.8) is 0 Å². The molecule has 134 valence electrons. The Hall–Kier alpha value is -2.53. The number of benzene rings is 1. The minimum atomic E-state index is -0.0165. The Bertz CT molecular complexity index is 831. The van der Waals surface area contributed by atoms with Crippen LogP contribution in [0.1, 0.15) is 38.1 Å². The predicted molar refractivity (Wildman–Crippen MR) is 106 cm³/mol. The molecule has 0 radical (unpaired) electrons. The first-order chi connectivity index (χ1) is 12.7. The molecule has 0 bridgehead atoms. The molecule has 1 aromatic carbocycles. The summed E-state index contributed by atoms with van der Waals surface area (Å²) in [5, 5.41) is 4.00. The Morgan fingerprint density at radius 1 is 1.04 bits per heavy atom. The number of pyridine rings is 1. The maximum Gasteiger partial charge on any atom is 0.263 e. The van der Waals surface area contributed by atoms with Gasteiger partial charge in [-0.3, -0.25) is 9.78 Å². The van der Waals surface area contributed by atoms with Crippen LogP contribution in [0.2, 0.25) is 0 Å². The second-order valence-electron chi connectivity index (χ2n) is 6.19. The molecule has 2 aromatic heterocycles. The molecule has 2 heterocycles. The molecule has 0 unspecified atom stereocenters. The van der Waals surface area contributed by atoms with Crippen LogP contribution in [0.15, 0.2) is 54.7 Å². The van der Waals surface area contributed by atoms with Crippen LogP contribution in [0.5, 0.6) is 0 Å².